The van der Waals surface area contributed by atoms with Crippen molar-refractivity contribution in [1.29, 1.82) is 0 Å². The van der Waals surface area contributed by atoms with E-state index in [0.29, 0.717) is 27.0 Å². The maximum Gasteiger partial charge on any atom is 0.337 e. The van der Waals surface area contributed by atoms with E-state index in [0.717, 1.165) is 5.56 Å². The van der Waals surface area contributed by atoms with Gasteiger partial charge in [0.15, 0.2) is 0 Å². The number of hydrogen-bond acceptors (Lipinski definition) is 4. The van der Waals surface area contributed by atoms with Crippen LogP contribution in [0.15, 0.2) is 72.8 Å². The van der Waals surface area contributed by atoms with Crippen molar-refractivity contribution in [1.82, 2.24) is 0 Å². The Bertz CT molecular complexity index is 1080. The molecule has 1 heterocycles. The third-order valence-corrected chi connectivity index (χ3v) is 5.48. The first kappa shape index (κ1) is 20.3. The number of rotatable bonds is 5. The molecule has 1 saturated heterocycles. The van der Waals surface area contributed by atoms with Gasteiger partial charge in [-0.1, -0.05) is 47.5 Å². The van der Waals surface area contributed by atoms with E-state index in [1.165, 1.54) is 7.11 Å². The number of benzene rings is 3. The molecule has 0 aliphatic carbocycles. The highest BCUT2D eigenvalue weighted by Gasteiger charge is 2.51. The number of hydrogen-bond donors (Lipinski definition) is 0. The molecule has 0 spiro atoms. The summed E-state index contributed by atoms with van der Waals surface area (Å²) in [4.78, 5) is 26.4. The second-order valence-corrected chi connectivity index (χ2v) is 7.55. The van der Waals surface area contributed by atoms with E-state index in [4.69, 9.17) is 32.7 Å². The van der Waals surface area contributed by atoms with E-state index in [1.807, 2.05) is 6.07 Å². The van der Waals surface area contributed by atoms with Crippen molar-refractivity contribution in [3.63, 3.8) is 0 Å². The second kappa shape index (κ2) is 8.38. The van der Waals surface area contributed by atoms with Gasteiger partial charge in [-0.2, -0.15) is 0 Å². The lowest BCUT2D eigenvalue weighted by molar-refractivity contribution is -0.135. The van der Waals surface area contributed by atoms with Gasteiger partial charge in [0.2, 0.25) is 6.10 Å². The molecule has 30 heavy (non-hydrogen) atoms. The molecule has 2 unspecified atom stereocenters. The Hall–Kier alpha value is -3.02. The summed E-state index contributed by atoms with van der Waals surface area (Å²) < 4.78 is 10.7. The van der Waals surface area contributed by atoms with Crippen LogP contribution in [0.25, 0.3) is 0 Å². The van der Waals surface area contributed by atoms with Gasteiger partial charge in [0.25, 0.3) is 5.91 Å². The fourth-order valence-corrected chi connectivity index (χ4v) is 3.76. The van der Waals surface area contributed by atoms with Crippen LogP contribution in [0.4, 0.5) is 5.69 Å². The minimum atomic E-state index is -0.744. The minimum absolute atomic E-state index is 0.208. The van der Waals surface area contributed by atoms with Gasteiger partial charge in [-0.3, -0.25) is 9.69 Å². The summed E-state index contributed by atoms with van der Waals surface area (Å²) in [5.74, 6) is -0.101. The number of ether oxygens (including phenoxy) is 2. The molecule has 0 radical (unpaired) electrons. The average molecular weight is 442 g/mol. The topological polar surface area (TPSA) is 55.8 Å². The van der Waals surface area contributed by atoms with E-state index in [-0.39, 0.29) is 5.91 Å². The number of nitrogens with zero attached hydrogens (tertiary/aromatic N) is 1. The summed E-state index contributed by atoms with van der Waals surface area (Å²) in [6.45, 7) is 0. The number of carbonyl (C=O) groups is 2. The van der Waals surface area contributed by atoms with Gasteiger partial charge < -0.3 is 9.47 Å². The number of β-lactam (4-membered cyclic amide) rings is 1. The average Bonchev–Trinajstić information content (AvgIpc) is 2.77. The molecule has 1 aliphatic rings. The molecular formula is C23H17Cl2NO4. The predicted octanol–water partition coefficient (Wildman–Crippen LogP) is 5.32. The quantitative estimate of drug-likeness (QED) is 0.397. The third kappa shape index (κ3) is 3.74. The monoisotopic (exact) mass is 441 g/mol. The Morgan fingerprint density at radius 2 is 1.60 bits per heavy atom. The van der Waals surface area contributed by atoms with Crippen molar-refractivity contribution < 1.29 is 19.1 Å². The number of esters is 1. The van der Waals surface area contributed by atoms with Gasteiger partial charge in [-0.15, -0.1) is 0 Å². The highest BCUT2D eigenvalue weighted by atomic mass is 35.5. The molecule has 2 atom stereocenters. The summed E-state index contributed by atoms with van der Waals surface area (Å²) in [5, 5.41) is 1.04. The zero-order valence-corrected chi connectivity index (χ0v) is 17.4. The molecule has 7 heteroatoms. The molecule has 1 amide bonds. The van der Waals surface area contributed by atoms with Gasteiger partial charge in [-0.25, -0.2) is 4.79 Å². The van der Waals surface area contributed by atoms with E-state index in [2.05, 4.69) is 0 Å². The standard InChI is InChI=1S/C23H17Cl2NO4/c1-29-23(28)15-8-6-14(7-9-15)20-21(30-17-12-10-16(24)11-13-17)22(27)26(20)19-5-3-2-4-18(19)25/h2-13,20-21H,1H3. The Kier molecular flexibility index (Phi) is 5.66. The van der Waals surface area contributed by atoms with E-state index in [9.17, 15) is 9.59 Å². The third-order valence-electron chi connectivity index (χ3n) is 4.91. The van der Waals surface area contributed by atoms with E-state index in [1.54, 1.807) is 71.6 Å². The zero-order chi connectivity index (χ0) is 21.3. The number of anilines is 1. The molecule has 1 aliphatic heterocycles. The largest absolute Gasteiger partial charge is 0.478 e. The Morgan fingerprint density at radius 1 is 0.933 bits per heavy atom. The molecule has 4 rings (SSSR count). The normalized spacial score (nSPS) is 18.0. The number of carbonyl (C=O) groups excluding carboxylic acids is 2. The first-order valence-corrected chi connectivity index (χ1v) is 9.93. The molecule has 152 valence electrons. The van der Waals surface area contributed by atoms with Crippen LogP contribution in [0.5, 0.6) is 5.75 Å². The van der Waals surface area contributed by atoms with Crippen LogP contribution in [0, 0.1) is 0 Å². The summed E-state index contributed by atoms with van der Waals surface area (Å²) in [6.07, 6.45) is -0.744. The maximum atomic E-state index is 13.0. The van der Waals surface area contributed by atoms with Crippen molar-refractivity contribution >= 4 is 40.8 Å². The van der Waals surface area contributed by atoms with Crippen molar-refractivity contribution in [2.75, 3.05) is 12.0 Å². The van der Waals surface area contributed by atoms with Crippen LogP contribution >= 0.6 is 23.2 Å². The number of amides is 1. The molecule has 0 saturated carbocycles. The summed E-state index contributed by atoms with van der Waals surface area (Å²) >= 11 is 12.3. The molecule has 3 aromatic rings. The van der Waals surface area contributed by atoms with Crippen LogP contribution in [0.3, 0.4) is 0 Å². The highest BCUT2D eigenvalue weighted by Crippen LogP contribution is 2.43. The van der Waals surface area contributed by atoms with Crippen molar-refractivity contribution in [3.8, 4) is 5.75 Å². The second-order valence-electron chi connectivity index (χ2n) is 6.71. The van der Waals surface area contributed by atoms with Gasteiger partial charge in [0.05, 0.1) is 23.4 Å². The molecule has 1 fully saturated rings. The number of methoxy groups -OCH3 is 1. The van der Waals surface area contributed by atoms with Crippen molar-refractivity contribution in [3.05, 3.63) is 94.0 Å². The molecule has 0 N–H and O–H groups in total. The Labute approximate surface area is 183 Å². The Morgan fingerprint density at radius 3 is 2.23 bits per heavy atom. The molecular weight excluding hydrogens is 425 g/mol. The molecule has 0 bridgehead atoms. The molecule has 3 aromatic carbocycles. The zero-order valence-electron chi connectivity index (χ0n) is 15.9. The maximum absolute atomic E-state index is 13.0. The van der Waals surface area contributed by atoms with Gasteiger partial charge in [-0.05, 0) is 54.1 Å². The lowest BCUT2D eigenvalue weighted by atomic mass is 9.89. The summed E-state index contributed by atoms with van der Waals surface area (Å²) in [6, 6.07) is 20.4. The van der Waals surface area contributed by atoms with Crippen molar-refractivity contribution in [2.24, 2.45) is 0 Å². The van der Waals surface area contributed by atoms with Crippen LogP contribution in [-0.4, -0.2) is 25.1 Å². The lowest BCUT2D eigenvalue weighted by Crippen LogP contribution is -2.61. The fourth-order valence-electron chi connectivity index (χ4n) is 3.41. The highest BCUT2D eigenvalue weighted by molar-refractivity contribution is 6.34. The van der Waals surface area contributed by atoms with Crippen LogP contribution in [0.1, 0.15) is 22.0 Å². The predicted molar refractivity (Wildman–Crippen MR) is 115 cm³/mol. The number of para-hydroxylation sites is 1. The molecule has 0 aromatic heterocycles. The minimum Gasteiger partial charge on any atom is -0.478 e. The number of halogens is 2. The fraction of sp³-hybridized carbons (Fsp3) is 0.130. The summed E-state index contributed by atoms with van der Waals surface area (Å²) in [5.41, 5.74) is 1.83. The van der Waals surface area contributed by atoms with Gasteiger partial charge >= 0.3 is 5.97 Å². The van der Waals surface area contributed by atoms with E-state index >= 15 is 0 Å². The molecule has 5 nitrogen and oxygen atoms in total. The lowest BCUT2D eigenvalue weighted by Gasteiger charge is -2.47. The first-order valence-electron chi connectivity index (χ1n) is 9.17. The Balaban J connectivity index is 1.69. The summed E-state index contributed by atoms with van der Waals surface area (Å²) in [7, 11) is 1.33. The first-order chi connectivity index (χ1) is 14.5. The van der Waals surface area contributed by atoms with Crippen molar-refractivity contribution in [2.45, 2.75) is 12.1 Å². The van der Waals surface area contributed by atoms with Crippen LogP contribution < -0.4 is 9.64 Å². The van der Waals surface area contributed by atoms with Gasteiger partial charge in [0, 0.05) is 5.02 Å². The van der Waals surface area contributed by atoms with E-state index < -0.39 is 18.1 Å². The SMILES string of the molecule is COC(=O)c1ccc(C2C(Oc3ccc(Cl)cc3)C(=O)N2c2ccccc2Cl)cc1. The van der Waals surface area contributed by atoms with Gasteiger partial charge in [0.1, 0.15) is 11.8 Å². The van der Waals surface area contributed by atoms with Crippen LogP contribution in [0.2, 0.25) is 10.0 Å². The smallest absolute Gasteiger partial charge is 0.337 e. The van der Waals surface area contributed by atoms with Crippen LogP contribution in [-0.2, 0) is 9.53 Å².